The predicted octanol–water partition coefficient (Wildman–Crippen LogP) is 4.83. The Morgan fingerprint density at radius 3 is 2.52 bits per heavy atom. The molecule has 1 aliphatic rings. The Morgan fingerprint density at radius 2 is 1.78 bits per heavy atom. The van der Waals surface area contributed by atoms with E-state index in [-0.39, 0.29) is 21.1 Å². The minimum atomic E-state index is -3.68. The van der Waals surface area contributed by atoms with Gasteiger partial charge in [0.05, 0.1) is 9.77 Å². The standard InChI is InChI=1S/C20H16ClNO3S2/c1-13-12-14-4-2-3-5-17(14)22(13)20(23)18-10-11-19(26-18)27(24,25)16-8-6-15(21)7-9-16/h2-11,13H,12H2,1H3. The van der Waals surface area contributed by atoms with Crippen LogP contribution < -0.4 is 4.90 Å². The number of fused-ring (bicyclic) bond motifs is 1. The topological polar surface area (TPSA) is 54.5 Å². The Bertz CT molecular complexity index is 1120. The maximum Gasteiger partial charge on any atom is 0.268 e. The molecule has 7 heteroatoms. The fraction of sp³-hybridized carbons (Fsp3) is 0.150. The van der Waals surface area contributed by atoms with Gasteiger partial charge in [0.1, 0.15) is 4.21 Å². The molecule has 0 saturated heterocycles. The number of hydrogen-bond donors (Lipinski definition) is 0. The summed E-state index contributed by atoms with van der Waals surface area (Å²) in [6.45, 7) is 2.00. The molecule has 0 radical (unpaired) electrons. The van der Waals surface area contributed by atoms with Crippen LogP contribution in [0.25, 0.3) is 0 Å². The third-order valence-corrected chi connectivity index (χ3v) is 8.19. The van der Waals surface area contributed by atoms with Gasteiger partial charge in [-0.1, -0.05) is 29.8 Å². The minimum absolute atomic E-state index is 0.0355. The quantitative estimate of drug-likeness (QED) is 0.613. The average Bonchev–Trinajstić information content (AvgIpc) is 3.26. The third kappa shape index (κ3) is 3.18. The van der Waals surface area contributed by atoms with Gasteiger partial charge in [0.15, 0.2) is 0 Å². The second kappa shape index (κ2) is 6.78. The lowest BCUT2D eigenvalue weighted by Crippen LogP contribution is -2.35. The highest BCUT2D eigenvalue weighted by Crippen LogP contribution is 2.35. The van der Waals surface area contributed by atoms with Crippen molar-refractivity contribution in [1.29, 1.82) is 0 Å². The smallest absolute Gasteiger partial charge is 0.268 e. The zero-order valence-corrected chi connectivity index (χ0v) is 16.8. The molecular weight excluding hydrogens is 402 g/mol. The number of thiophene rings is 1. The Labute approximate surface area is 166 Å². The Morgan fingerprint density at radius 1 is 1.07 bits per heavy atom. The Kier molecular flexibility index (Phi) is 4.58. The first-order valence-electron chi connectivity index (χ1n) is 8.40. The van der Waals surface area contributed by atoms with E-state index in [4.69, 9.17) is 11.6 Å². The minimum Gasteiger partial charge on any atom is -0.304 e. The first-order valence-corrected chi connectivity index (χ1v) is 11.1. The number of benzene rings is 2. The highest BCUT2D eigenvalue weighted by Gasteiger charge is 2.32. The normalized spacial score (nSPS) is 16.4. The van der Waals surface area contributed by atoms with Crippen molar-refractivity contribution in [3.05, 3.63) is 76.1 Å². The van der Waals surface area contributed by atoms with Crippen LogP contribution in [0.4, 0.5) is 5.69 Å². The molecule has 1 aromatic heterocycles. The molecule has 0 fully saturated rings. The van der Waals surface area contributed by atoms with Crippen molar-refractivity contribution in [2.75, 3.05) is 4.90 Å². The van der Waals surface area contributed by atoms with E-state index in [0.717, 1.165) is 29.0 Å². The van der Waals surface area contributed by atoms with Crippen LogP contribution in [0.2, 0.25) is 5.02 Å². The number of nitrogens with zero attached hydrogens (tertiary/aromatic N) is 1. The van der Waals surface area contributed by atoms with E-state index in [9.17, 15) is 13.2 Å². The van der Waals surface area contributed by atoms with Crippen molar-refractivity contribution in [3.8, 4) is 0 Å². The van der Waals surface area contributed by atoms with Gasteiger partial charge in [0.25, 0.3) is 5.91 Å². The third-order valence-electron chi connectivity index (χ3n) is 4.61. The van der Waals surface area contributed by atoms with E-state index >= 15 is 0 Å². The van der Waals surface area contributed by atoms with Crippen molar-refractivity contribution < 1.29 is 13.2 Å². The van der Waals surface area contributed by atoms with Gasteiger partial charge in [-0.05, 0) is 61.4 Å². The van der Waals surface area contributed by atoms with Crippen LogP contribution >= 0.6 is 22.9 Å². The summed E-state index contributed by atoms with van der Waals surface area (Å²) in [7, 11) is -3.68. The SMILES string of the molecule is CC1Cc2ccccc2N1C(=O)c1ccc(S(=O)(=O)c2ccc(Cl)cc2)s1. The number of amides is 1. The fourth-order valence-electron chi connectivity index (χ4n) is 3.30. The van der Waals surface area contributed by atoms with Crippen molar-refractivity contribution >= 4 is 44.4 Å². The fourth-order valence-corrected chi connectivity index (χ4v) is 6.07. The van der Waals surface area contributed by atoms with Gasteiger partial charge in [-0.15, -0.1) is 11.3 Å². The van der Waals surface area contributed by atoms with Crippen molar-refractivity contribution in [3.63, 3.8) is 0 Å². The molecule has 1 unspecified atom stereocenters. The summed E-state index contributed by atoms with van der Waals surface area (Å²) in [5.74, 6) is -0.171. The average molecular weight is 418 g/mol. The van der Waals surface area contributed by atoms with Gasteiger partial charge in [-0.3, -0.25) is 4.79 Å². The van der Waals surface area contributed by atoms with Crippen LogP contribution in [0.3, 0.4) is 0 Å². The summed E-state index contributed by atoms with van der Waals surface area (Å²) < 4.78 is 25.8. The van der Waals surface area contributed by atoms with E-state index in [1.54, 1.807) is 11.0 Å². The van der Waals surface area contributed by atoms with Gasteiger partial charge in [0, 0.05) is 16.8 Å². The van der Waals surface area contributed by atoms with Gasteiger partial charge in [-0.2, -0.15) is 0 Å². The lowest BCUT2D eigenvalue weighted by atomic mass is 10.1. The predicted molar refractivity (Wildman–Crippen MR) is 108 cm³/mol. The summed E-state index contributed by atoms with van der Waals surface area (Å²) in [5, 5.41) is 0.470. The number of sulfone groups is 1. The van der Waals surface area contributed by atoms with Crippen LogP contribution in [0, 0.1) is 0 Å². The molecule has 3 aromatic rings. The van der Waals surface area contributed by atoms with Crippen LogP contribution in [0.5, 0.6) is 0 Å². The lowest BCUT2D eigenvalue weighted by molar-refractivity contribution is 0.0985. The molecular formula is C20H16ClNO3S2. The zero-order chi connectivity index (χ0) is 19.2. The first-order chi connectivity index (χ1) is 12.9. The maximum atomic E-state index is 13.1. The number of carbonyl (C=O) groups is 1. The summed E-state index contributed by atoms with van der Waals surface area (Å²) in [6, 6.07) is 16.9. The number of carbonyl (C=O) groups excluding carboxylic acids is 1. The Hall–Kier alpha value is -2.15. The molecule has 2 aromatic carbocycles. The van der Waals surface area contributed by atoms with Crippen LogP contribution in [-0.4, -0.2) is 20.4 Å². The van der Waals surface area contributed by atoms with Crippen LogP contribution in [0.1, 0.15) is 22.2 Å². The van der Waals surface area contributed by atoms with E-state index in [1.165, 1.54) is 30.3 Å². The van der Waals surface area contributed by atoms with Crippen LogP contribution in [-0.2, 0) is 16.3 Å². The van der Waals surface area contributed by atoms with Gasteiger partial charge in [0.2, 0.25) is 9.84 Å². The van der Waals surface area contributed by atoms with Crippen molar-refractivity contribution in [2.45, 2.75) is 28.5 Å². The molecule has 1 aliphatic heterocycles. The highest BCUT2D eigenvalue weighted by molar-refractivity contribution is 7.93. The molecule has 1 amide bonds. The molecule has 4 nitrogen and oxygen atoms in total. The summed E-state index contributed by atoms with van der Waals surface area (Å²) >= 11 is 6.84. The maximum absolute atomic E-state index is 13.1. The number of para-hydroxylation sites is 1. The number of halogens is 1. The number of hydrogen-bond acceptors (Lipinski definition) is 4. The summed E-state index contributed by atoms with van der Waals surface area (Å²) in [5.41, 5.74) is 2.02. The summed E-state index contributed by atoms with van der Waals surface area (Å²) in [4.78, 5) is 15.4. The molecule has 0 N–H and O–H groups in total. The second-order valence-corrected chi connectivity index (χ2v) is 10.1. The van der Waals surface area contributed by atoms with Crippen molar-refractivity contribution in [2.24, 2.45) is 0 Å². The Balaban J connectivity index is 1.67. The van der Waals surface area contributed by atoms with Crippen molar-refractivity contribution in [1.82, 2.24) is 0 Å². The van der Waals surface area contributed by atoms with Crippen LogP contribution in [0.15, 0.2) is 69.8 Å². The molecule has 4 rings (SSSR count). The lowest BCUT2D eigenvalue weighted by Gasteiger charge is -2.21. The van der Waals surface area contributed by atoms with Gasteiger partial charge >= 0.3 is 0 Å². The monoisotopic (exact) mass is 417 g/mol. The molecule has 27 heavy (non-hydrogen) atoms. The molecule has 0 spiro atoms. The number of anilines is 1. The molecule has 1 atom stereocenters. The first kappa shape index (κ1) is 18.2. The molecule has 138 valence electrons. The molecule has 0 aliphatic carbocycles. The van der Waals surface area contributed by atoms with Gasteiger partial charge in [-0.25, -0.2) is 8.42 Å². The van der Waals surface area contributed by atoms with E-state index in [1.807, 2.05) is 31.2 Å². The van der Waals surface area contributed by atoms with E-state index in [0.29, 0.717) is 9.90 Å². The zero-order valence-electron chi connectivity index (χ0n) is 14.4. The molecule has 2 heterocycles. The van der Waals surface area contributed by atoms with Gasteiger partial charge < -0.3 is 4.90 Å². The largest absolute Gasteiger partial charge is 0.304 e. The summed E-state index contributed by atoms with van der Waals surface area (Å²) in [6.07, 6.45) is 0.795. The molecule has 0 bridgehead atoms. The molecule has 0 saturated carbocycles. The van der Waals surface area contributed by atoms with E-state index < -0.39 is 9.84 Å². The number of rotatable bonds is 3. The highest BCUT2D eigenvalue weighted by atomic mass is 35.5. The second-order valence-electron chi connectivity index (χ2n) is 6.43. The van der Waals surface area contributed by atoms with E-state index in [2.05, 4.69) is 0 Å².